The SMILES string of the molecule is NC1CCC(C(=O)N2CCCCCC2CO)C1. The van der Waals surface area contributed by atoms with E-state index in [1.807, 2.05) is 4.90 Å². The molecule has 0 aromatic rings. The summed E-state index contributed by atoms with van der Waals surface area (Å²) in [5.41, 5.74) is 5.87. The summed E-state index contributed by atoms with van der Waals surface area (Å²) >= 11 is 0. The van der Waals surface area contributed by atoms with Gasteiger partial charge in [-0.2, -0.15) is 0 Å². The first-order valence-electron chi connectivity index (χ1n) is 6.89. The number of carbonyl (C=O) groups excluding carboxylic acids is 1. The van der Waals surface area contributed by atoms with E-state index in [9.17, 15) is 9.90 Å². The maximum Gasteiger partial charge on any atom is 0.226 e. The van der Waals surface area contributed by atoms with Crippen molar-refractivity contribution in [1.82, 2.24) is 4.90 Å². The van der Waals surface area contributed by atoms with E-state index in [0.29, 0.717) is 0 Å². The maximum atomic E-state index is 12.4. The largest absolute Gasteiger partial charge is 0.394 e. The normalized spacial score (nSPS) is 34.7. The minimum Gasteiger partial charge on any atom is -0.394 e. The zero-order valence-corrected chi connectivity index (χ0v) is 10.5. The van der Waals surface area contributed by atoms with Crippen LogP contribution >= 0.6 is 0 Å². The predicted molar refractivity (Wildman–Crippen MR) is 66.4 cm³/mol. The van der Waals surface area contributed by atoms with Gasteiger partial charge in [-0.05, 0) is 32.1 Å². The molecular weight excluding hydrogens is 216 g/mol. The van der Waals surface area contributed by atoms with E-state index in [-0.39, 0.29) is 30.5 Å². The van der Waals surface area contributed by atoms with E-state index in [1.165, 1.54) is 6.42 Å². The van der Waals surface area contributed by atoms with Crippen LogP contribution in [0, 0.1) is 5.92 Å². The summed E-state index contributed by atoms with van der Waals surface area (Å²) < 4.78 is 0. The highest BCUT2D eigenvalue weighted by atomic mass is 16.3. The molecule has 4 heteroatoms. The van der Waals surface area contributed by atoms with Gasteiger partial charge in [0.1, 0.15) is 0 Å². The molecule has 1 aliphatic carbocycles. The van der Waals surface area contributed by atoms with Crippen LogP contribution < -0.4 is 5.73 Å². The molecule has 2 fully saturated rings. The Balaban J connectivity index is 2.00. The molecule has 2 aliphatic rings. The highest BCUT2D eigenvalue weighted by Gasteiger charge is 2.34. The van der Waals surface area contributed by atoms with Crippen LogP contribution in [0.3, 0.4) is 0 Å². The molecule has 1 saturated heterocycles. The van der Waals surface area contributed by atoms with Crippen molar-refractivity contribution in [2.45, 2.75) is 57.0 Å². The van der Waals surface area contributed by atoms with Gasteiger partial charge < -0.3 is 15.7 Å². The standard InChI is InChI=1S/C13H24N2O2/c14-11-6-5-10(8-11)13(17)15-7-3-1-2-4-12(15)9-16/h10-12,16H,1-9,14H2. The number of hydrogen-bond acceptors (Lipinski definition) is 3. The fourth-order valence-corrected chi connectivity index (χ4v) is 3.13. The van der Waals surface area contributed by atoms with Gasteiger partial charge in [0.15, 0.2) is 0 Å². The number of hydrogen-bond donors (Lipinski definition) is 2. The molecule has 1 heterocycles. The lowest BCUT2D eigenvalue weighted by Gasteiger charge is -2.31. The second-order valence-electron chi connectivity index (χ2n) is 5.49. The molecule has 0 radical (unpaired) electrons. The van der Waals surface area contributed by atoms with Gasteiger partial charge in [0.05, 0.1) is 12.6 Å². The Bertz CT molecular complexity index is 270. The minimum absolute atomic E-state index is 0.0434. The molecule has 0 spiro atoms. The zero-order valence-electron chi connectivity index (χ0n) is 10.5. The Labute approximate surface area is 103 Å². The summed E-state index contributed by atoms with van der Waals surface area (Å²) in [4.78, 5) is 14.4. The summed E-state index contributed by atoms with van der Waals surface area (Å²) in [6.45, 7) is 0.917. The molecule has 17 heavy (non-hydrogen) atoms. The van der Waals surface area contributed by atoms with E-state index in [1.54, 1.807) is 0 Å². The number of nitrogens with zero attached hydrogens (tertiary/aromatic N) is 1. The Morgan fingerprint density at radius 1 is 1.24 bits per heavy atom. The van der Waals surface area contributed by atoms with Gasteiger partial charge in [-0.25, -0.2) is 0 Å². The summed E-state index contributed by atoms with van der Waals surface area (Å²) in [7, 11) is 0. The molecular formula is C13H24N2O2. The van der Waals surface area contributed by atoms with Crippen LogP contribution in [0.15, 0.2) is 0 Å². The lowest BCUT2D eigenvalue weighted by molar-refractivity contribution is -0.138. The molecule has 3 N–H and O–H groups in total. The first kappa shape index (κ1) is 12.8. The average Bonchev–Trinajstić information content (AvgIpc) is 2.64. The number of aliphatic hydroxyl groups is 1. The Morgan fingerprint density at radius 3 is 2.71 bits per heavy atom. The van der Waals surface area contributed by atoms with Crippen molar-refractivity contribution in [3.63, 3.8) is 0 Å². The lowest BCUT2D eigenvalue weighted by atomic mass is 10.0. The van der Waals surface area contributed by atoms with Crippen LogP contribution in [-0.4, -0.2) is 41.1 Å². The minimum atomic E-state index is 0.0434. The zero-order chi connectivity index (χ0) is 12.3. The van der Waals surface area contributed by atoms with Crippen molar-refractivity contribution in [3.8, 4) is 0 Å². The molecule has 1 saturated carbocycles. The van der Waals surface area contributed by atoms with Gasteiger partial charge in [0, 0.05) is 18.5 Å². The highest BCUT2D eigenvalue weighted by Crippen LogP contribution is 2.28. The van der Waals surface area contributed by atoms with Crippen molar-refractivity contribution in [3.05, 3.63) is 0 Å². The molecule has 98 valence electrons. The Morgan fingerprint density at radius 2 is 2.06 bits per heavy atom. The number of amides is 1. The average molecular weight is 240 g/mol. The quantitative estimate of drug-likeness (QED) is 0.753. The molecule has 3 unspecified atom stereocenters. The summed E-state index contributed by atoms with van der Waals surface area (Å²) in [6, 6.07) is 0.241. The van der Waals surface area contributed by atoms with Crippen LogP contribution in [0.4, 0.5) is 0 Å². The van der Waals surface area contributed by atoms with E-state index in [4.69, 9.17) is 5.73 Å². The van der Waals surface area contributed by atoms with Gasteiger partial charge in [-0.1, -0.05) is 12.8 Å². The number of rotatable bonds is 2. The molecule has 1 aliphatic heterocycles. The Kier molecular flexibility index (Phi) is 4.40. The third-order valence-corrected chi connectivity index (χ3v) is 4.19. The van der Waals surface area contributed by atoms with Gasteiger partial charge >= 0.3 is 0 Å². The van der Waals surface area contributed by atoms with E-state index < -0.39 is 0 Å². The molecule has 4 nitrogen and oxygen atoms in total. The van der Waals surface area contributed by atoms with Crippen LogP contribution in [0.1, 0.15) is 44.9 Å². The van der Waals surface area contributed by atoms with Crippen LogP contribution in [0.5, 0.6) is 0 Å². The van der Waals surface area contributed by atoms with Crippen LogP contribution in [0.25, 0.3) is 0 Å². The lowest BCUT2D eigenvalue weighted by Crippen LogP contribution is -2.44. The molecule has 0 bridgehead atoms. The number of nitrogens with two attached hydrogens (primary N) is 1. The van der Waals surface area contributed by atoms with Crippen molar-refractivity contribution >= 4 is 5.91 Å². The monoisotopic (exact) mass is 240 g/mol. The first-order chi connectivity index (χ1) is 8.22. The van der Waals surface area contributed by atoms with Gasteiger partial charge in [-0.15, -0.1) is 0 Å². The molecule has 2 rings (SSSR count). The predicted octanol–water partition coefficient (Wildman–Crippen LogP) is 0.877. The second kappa shape index (κ2) is 5.83. The fourth-order valence-electron chi connectivity index (χ4n) is 3.13. The van der Waals surface area contributed by atoms with Crippen LogP contribution in [-0.2, 0) is 4.79 Å². The second-order valence-corrected chi connectivity index (χ2v) is 5.49. The maximum absolute atomic E-state index is 12.4. The smallest absolute Gasteiger partial charge is 0.226 e. The van der Waals surface area contributed by atoms with Gasteiger partial charge in [0.2, 0.25) is 5.91 Å². The van der Waals surface area contributed by atoms with Crippen molar-refractivity contribution < 1.29 is 9.90 Å². The Hall–Kier alpha value is -0.610. The van der Waals surface area contributed by atoms with Crippen molar-refractivity contribution in [2.75, 3.05) is 13.2 Å². The molecule has 1 amide bonds. The van der Waals surface area contributed by atoms with Crippen molar-refractivity contribution in [2.24, 2.45) is 11.7 Å². The van der Waals surface area contributed by atoms with E-state index in [0.717, 1.165) is 45.1 Å². The summed E-state index contributed by atoms with van der Waals surface area (Å²) in [6.07, 6.45) is 7.03. The summed E-state index contributed by atoms with van der Waals surface area (Å²) in [5.74, 6) is 0.344. The van der Waals surface area contributed by atoms with Crippen LogP contribution in [0.2, 0.25) is 0 Å². The molecule has 0 aromatic carbocycles. The number of carbonyl (C=O) groups is 1. The number of aliphatic hydroxyl groups excluding tert-OH is 1. The third-order valence-electron chi connectivity index (χ3n) is 4.19. The first-order valence-corrected chi connectivity index (χ1v) is 6.89. The highest BCUT2D eigenvalue weighted by molar-refractivity contribution is 5.79. The topological polar surface area (TPSA) is 66.6 Å². The van der Waals surface area contributed by atoms with E-state index >= 15 is 0 Å². The van der Waals surface area contributed by atoms with Gasteiger partial charge in [0.25, 0.3) is 0 Å². The molecule has 0 aromatic heterocycles. The summed E-state index contributed by atoms with van der Waals surface area (Å²) in [5, 5.41) is 9.41. The van der Waals surface area contributed by atoms with Crippen molar-refractivity contribution in [1.29, 1.82) is 0 Å². The molecule has 3 atom stereocenters. The van der Waals surface area contributed by atoms with Gasteiger partial charge in [-0.3, -0.25) is 4.79 Å². The fraction of sp³-hybridized carbons (Fsp3) is 0.923. The third kappa shape index (κ3) is 2.99. The number of likely N-dealkylation sites (tertiary alicyclic amines) is 1. The van der Waals surface area contributed by atoms with E-state index in [2.05, 4.69) is 0 Å².